The predicted octanol–water partition coefficient (Wildman–Crippen LogP) is 5.13. The van der Waals surface area contributed by atoms with Crippen molar-refractivity contribution in [3.8, 4) is 5.75 Å². The Balaban J connectivity index is 2.18. The van der Waals surface area contributed by atoms with E-state index >= 15 is 0 Å². The summed E-state index contributed by atoms with van der Waals surface area (Å²) in [5.74, 6) is 0.496. The molecule has 0 N–H and O–H groups in total. The molecule has 0 atom stereocenters. The van der Waals surface area contributed by atoms with Gasteiger partial charge in [-0.3, -0.25) is 4.79 Å². The Morgan fingerprint density at radius 1 is 1.10 bits per heavy atom. The Kier molecular flexibility index (Phi) is 5.23. The minimum atomic E-state index is 0.340. The van der Waals surface area contributed by atoms with E-state index in [0.717, 1.165) is 6.29 Å². The van der Waals surface area contributed by atoms with Crippen LogP contribution in [0.1, 0.15) is 10.4 Å². The Labute approximate surface area is 127 Å². The Morgan fingerprint density at radius 2 is 1.76 bits per heavy atom. The van der Waals surface area contributed by atoms with Crippen LogP contribution in [0.5, 0.6) is 5.75 Å². The van der Waals surface area contributed by atoms with Crippen LogP contribution in [0.2, 0.25) is 5.02 Å². The number of rotatable bonds is 6. The zero-order valence-electron chi connectivity index (χ0n) is 11.2. The third-order valence-electron chi connectivity index (χ3n) is 2.58. The highest BCUT2D eigenvalue weighted by Crippen LogP contribution is 2.25. The monoisotopic (exact) mass is 300 g/mol. The summed E-state index contributed by atoms with van der Waals surface area (Å²) in [5.41, 5.74) is 1.67. The molecule has 106 valence electrons. The van der Waals surface area contributed by atoms with E-state index < -0.39 is 0 Å². The molecule has 0 unspecified atom stereocenters. The van der Waals surface area contributed by atoms with Crippen LogP contribution < -0.4 is 4.74 Å². The second-order valence-electron chi connectivity index (χ2n) is 4.12. The van der Waals surface area contributed by atoms with E-state index in [1.54, 1.807) is 48.5 Å². The van der Waals surface area contributed by atoms with Gasteiger partial charge in [-0.2, -0.15) is 10.2 Å². The number of benzene rings is 2. The van der Waals surface area contributed by atoms with Gasteiger partial charge in [0.2, 0.25) is 0 Å². The zero-order valence-corrected chi connectivity index (χ0v) is 12.0. The van der Waals surface area contributed by atoms with Gasteiger partial charge in [0.05, 0.1) is 16.9 Å². The summed E-state index contributed by atoms with van der Waals surface area (Å²) in [6.07, 6.45) is 2.34. The second-order valence-corrected chi connectivity index (χ2v) is 4.55. The number of azo groups is 1. The van der Waals surface area contributed by atoms with Crippen molar-refractivity contribution in [1.29, 1.82) is 0 Å². The molecule has 0 aromatic heterocycles. The second kappa shape index (κ2) is 7.36. The van der Waals surface area contributed by atoms with Gasteiger partial charge in [0.1, 0.15) is 12.4 Å². The number of hydrogen-bond acceptors (Lipinski definition) is 4. The van der Waals surface area contributed by atoms with Gasteiger partial charge >= 0.3 is 0 Å². The van der Waals surface area contributed by atoms with Crippen LogP contribution >= 0.6 is 11.6 Å². The predicted molar refractivity (Wildman–Crippen MR) is 83.1 cm³/mol. The molecule has 0 saturated heterocycles. The highest BCUT2D eigenvalue weighted by atomic mass is 35.5. The van der Waals surface area contributed by atoms with Crippen molar-refractivity contribution < 1.29 is 9.53 Å². The fourth-order valence-corrected chi connectivity index (χ4v) is 1.72. The number of halogens is 1. The van der Waals surface area contributed by atoms with Gasteiger partial charge in [-0.05, 0) is 42.5 Å². The largest absolute Gasteiger partial charge is 0.489 e. The summed E-state index contributed by atoms with van der Waals surface area (Å²) in [7, 11) is 0. The Morgan fingerprint density at radius 3 is 2.43 bits per heavy atom. The zero-order chi connectivity index (χ0) is 15.1. The van der Waals surface area contributed by atoms with Crippen LogP contribution in [0.25, 0.3) is 0 Å². The van der Waals surface area contributed by atoms with Crippen molar-refractivity contribution in [3.05, 3.63) is 65.7 Å². The van der Waals surface area contributed by atoms with Crippen LogP contribution in [0.4, 0.5) is 11.4 Å². The molecule has 0 spiro atoms. The van der Waals surface area contributed by atoms with Gasteiger partial charge in [0, 0.05) is 5.02 Å². The maximum Gasteiger partial charge on any atom is 0.153 e. The van der Waals surface area contributed by atoms with Gasteiger partial charge in [0.25, 0.3) is 0 Å². The van der Waals surface area contributed by atoms with E-state index in [9.17, 15) is 4.79 Å². The topological polar surface area (TPSA) is 51.0 Å². The molecule has 2 aromatic carbocycles. The van der Waals surface area contributed by atoms with E-state index in [-0.39, 0.29) is 0 Å². The number of carbonyl (C=O) groups is 1. The van der Waals surface area contributed by atoms with E-state index in [2.05, 4.69) is 16.8 Å². The molecule has 5 heteroatoms. The molecule has 0 aliphatic carbocycles. The molecule has 0 bridgehead atoms. The Bertz CT molecular complexity index is 666. The highest BCUT2D eigenvalue weighted by Gasteiger charge is 2.03. The summed E-state index contributed by atoms with van der Waals surface area (Å²) in [6, 6.07) is 12.0. The van der Waals surface area contributed by atoms with Gasteiger partial charge in [-0.15, -0.1) is 0 Å². The normalized spacial score (nSPS) is 10.5. The summed E-state index contributed by atoms with van der Waals surface area (Å²) < 4.78 is 5.37. The lowest BCUT2D eigenvalue weighted by atomic mass is 10.2. The number of aldehydes is 1. The molecule has 0 aliphatic heterocycles. The number of ether oxygens (including phenoxy) is 1. The fourth-order valence-electron chi connectivity index (χ4n) is 1.59. The summed E-state index contributed by atoms with van der Waals surface area (Å²) in [6.45, 7) is 3.90. The molecule has 0 fully saturated rings. The molecular weight excluding hydrogens is 288 g/mol. The lowest BCUT2D eigenvalue weighted by Crippen LogP contribution is -1.96. The summed E-state index contributed by atoms with van der Waals surface area (Å²) >= 11 is 5.80. The van der Waals surface area contributed by atoms with Crippen molar-refractivity contribution in [3.63, 3.8) is 0 Å². The van der Waals surface area contributed by atoms with Crippen LogP contribution in [-0.2, 0) is 0 Å². The van der Waals surface area contributed by atoms with E-state index in [0.29, 0.717) is 34.3 Å². The third kappa shape index (κ3) is 4.26. The van der Waals surface area contributed by atoms with Crippen molar-refractivity contribution in [2.24, 2.45) is 10.2 Å². The van der Waals surface area contributed by atoms with Gasteiger partial charge in [0.15, 0.2) is 6.29 Å². The number of carbonyl (C=O) groups excluding carboxylic acids is 1. The molecular formula is C16H13ClN2O2. The van der Waals surface area contributed by atoms with Crippen molar-refractivity contribution in [1.82, 2.24) is 0 Å². The average Bonchev–Trinajstić information content (AvgIpc) is 2.52. The first kappa shape index (κ1) is 14.9. The summed E-state index contributed by atoms with van der Waals surface area (Å²) in [4.78, 5) is 11.1. The number of nitrogens with zero attached hydrogens (tertiary/aromatic N) is 2. The maximum absolute atomic E-state index is 11.1. The van der Waals surface area contributed by atoms with Crippen molar-refractivity contribution in [2.75, 3.05) is 6.61 Å². The van der Waals surface area contributed by atoms with E-state index in [1.807, 2.05) is 0 Å². The molecule has 0 amide bonds. The molecule has 21 heavy (non-hydrogen) atoms. The third-order valence-corrected chi connectivity index (χ3v) is 2.84. The SMILES string of the molecule is C=CCOc1ccc(N=Nc2ccc(Cl)cc2)cc1C=O. The molecule has 0 radical (unpaired) electrons. The van der Waals surface area contributed by atoms with Crippen molar-refractivity contribution >= 4 is 29.3 Å². The first-order chi connectivity index (χ1) is 10.2. The van der Waals surface area contributed by atoms with E-state index in [1.165, 1.54) is 0 Å². The molecule has 2 rings (SSSR count). The molecule has 2 aromatic rings. The quantitative estimate of drug-likeness (QED) is 0.422. The van der Waals surface area contributed by atoms with Gasteiger partial charge in [-0.1, -0.05) is 24.3 Å². The highest BCUT2D eigenvalue weighted by molar-refractivity contribution is 6.30. The lowest BCUT2D eigenvalue weighted by molar-refractivity contribution is 0.112. The van der Waals surface area contributed by atoms with Crippen LogP contribution in [0.15, 0.2) is 65.3 Å². The molecule has 4 nitrogen and oxygen atoms in total. The van der Waals surface area contributed by atoms with E-state index in [4.69, 9.17) is 16.3 Å². The van der Waals surface area contributed by atoms with Crippen molar-refractivity contribution in [2.45, 2.75) is 0 Å². The van der Waals surface area contributed by atoms with Gasteiger partial charge in [-0.25, -0.2) is 0 Å². The first-order valence-electron chi connectivity index (χ1n) is 6.23. The molecule has 0 aliphatic rings. The molecule has 0 saturated carbocycles. The number of hydrogen-bond donors (Lipinski definition) is 0. The summed E-state index contributed by atoms with van der Waals surface area (Å²) in [5, 5.41) is 8.80. The first-order valence-corrected chi connectivity index (χ1v) is 6.61. The smallest absolute Gasteiger partial charge is 0.153 e. The van der Waals surface area contributed by atoms with Crippen LogP contribution in [0.3, 0.4) is 0 Å². The van der Waals surface area contributed by atoms with Crippen LogP contribution in [0, 0.1) is 0 Å². The lowest BCUT2D eigenvalue weighted by Gasteiger charge is -2.06. The fraction of sp³-hybridized carbons (Fsp3) is 0.0625. The van der Waals surface area contributed by atoms with Gasteiger partial charge < -0.3 is 4.74 Å². The minimum absolute atomic E-state index is 0.340. The van der Waals surface area contributed by atoms with Crippen LogP contribution in [-0.4, -0.2) is 12.9 Å². The average molecular weight is 301 g/mol. The standard InChI is InChI=1S/C16H13ClN2O2/c1-2-9-21-16-8-7-15(10-12(16)11-20)19-18-14-5-3-13(17)4-6-14/h2-8,10-11H,1,9H2. The maximum atomic E-state index is 11.1. The molecule has 0 heterocycles. The minimum Gasteiger partial charge on any atom is -0.489 e. The Hall–Kier alpha value is -2.46.